The molecule has 0 aliphatic heterocycles. The monoisotopic (exact) mass is 348 g/mol. The average Bonchev–Trinajstić information content (AvgIpc) is 2.19. The molecule has 0 aliphatic rings. The van der Waals surface area contributed by atoms with E-state index < -0.39 is 29.1 Å². The van der Waals surface area contributed by atoms with Crippen LogP contribution in [-0.2, 0) is 10.9 Å². The van der Waals surface area contributed by atoms with E-state index in [0.29, 0.717) is 12.1 Å². The molecule has 0 spiro atoms. The van der Waals surface area contributed by atoms with Crippen molar-refractivity contribution in [2.45, 2.75) is 6.18 Å². The van der Waals surface area contributed by atoms with Gasteiger partial charge >= 0.3 is 12.1 Å². The summed E-state index contributed by atoms with van der Waals surface area (Å²) in [7, 11) is 0.967. The minimum Gasteiger partial charge on any atom is -0.465 e. The molecular weight excluding hydrogens is 343 g/mol. The molecule has 0 aliphatic carbocycles. The van der Waals surface area contributed by atoms with Gasteiger partial charge in [0, 0.05) is 0 Å². The molecule has 0 saturated carbocycles. The van der Waals surface area contributed by atoms with Crippen molar-refractivity contribution in [3.8, 4) is 0 Å². The third kappa shape index (κ3) is 2.63. The van der Waals surface area contributed by atoms with Crippen LogP contribution in [0.2, 0.25) is 0 Å². The number of methoxy groups -OCH3 is 1. The molecule has 1 aromatic carbocycles. The zero-order chi connectivity index (χ0) is 12.5. The van der Waals surface area contributed by atoms with Gasteiger partial charge in [-0.25, -0.2) is 9.18 Å². The molecule has 1 rings (SSSR count). The summed E-state index contributed by atoms with van der Waals surface area (Å²) < 4.78 is 54.3. The summed E-state index contributed by atoms with van der Waals surface area (Å²) in [6.45, 7) is 0. The Morgan fingerprint density at radius 3 is 2.38 bits per heavy atom. The Labute approximate surface area is 102 Å². The first-order chi connectivity index (χ1) is 7.27. The highest BCUT2D eigenvalue weighted by Gasteiger charge is 2.33. The molecule has 0 heterocycles. The number of hydrogen-bond acceptors (Lipinski definition) is 2. The van der Waals surface area contributed by atoms with Crippen molar-refractivity contribution < 1.29 is 27.1 Å². The summed E-state index contributed by atoms with van der Waals surface area (Å²) >= 11 is 1.38. The molecule has 0 amide bonds. The third-order valence-corrected chi connectivity index (χ3v) is 2.55. The highest BCUT2D eigenvalue weighted by Crippen LogP contribution is 2.32. The van der Waals surface area contributed by atoms with Gasteiger partial charge < -0.3 is 4.74 Å². The molecule has 0 atom stereocenters. The van der Waals surface area contributed by atoms with Gasteiger partial charge in [-0.1, -0.05) is 0 Å². The summed E-state index contributed by atoms with van der Waals surface area (Å²) in [6, 6.07) is 1.06. The first kappa shape index (κ1) is 13.2. The summed E-state index contributed by atoms with van der Waals surface area (Å²) in [6.07, 6.45) is -4.63. The van der Waals surface area contributed by atoms with E-state index in [1.165, 1.54) is 22.6 Å². The molecule has 0 aromatic heterocycles. The average molecular weight is 348 g/mol. The van der Waals surface area contributed by atoms with Gasteiger partial charge in [-0.2, -0.15) is 13.2 Å². The topological polar surface area (TPSA) is 26.3 Å². The lowest BCUT2D eigenvalue weighted by Gasteiger charge is -2.10. The van der Waals surface area contributed by atoms with E-state index in [0.717, 1.165) is 7.11 Å². The number of carbonyl (C=O) groups excluding carboxylic acids is 1. The highest BCUT2D eigenvalue weighted by atomic mass is 127. The smallest absolute Gasteiger partial charge is 0.416 e. The number of carbonyl (C=O) groups is 1. The fourth-order valence-electron chi connectivity index (χ4n) is 1.01. The summed E-state index contributed by atoms with van der Waals surface area (Å²) in [5.74, 6) is -2.15. The maximum Gasteiger partial charge on any atom is 0.416 e. The second-order valence-corrected chi connectivity index (χ2v) is 3.97. The summed E-state index contributed by atoms with van der Waals surface area (Å²) in [4.78, 5) is 11.0. The van der Waals surface area contributed by atoms with Crippen LogP contribution < -0.4 is 0 Å². The van der Waals surface area contributed by atoms with Gasteiger partial charge in [0.1, 0.15) is 0 Å². The third-order valence-electron chi connectivity index (χ3n) is 1.76. The van der Waals surface area contributed by atoms with Crippen molar-refractivity contribution in [1.82, 2.24) is 0 Å². The van der Waals surface area contributed by atoms with Gasteiger partial charge in [-0.15, -0.1) is 0 Å². The summed E-state index contributed by atoms with van der Waals surface area (Å²) in [5, 5.41) is 0. The first-order valence-electron chi connectivity index (χ1n) is 3.92. The van der Waals surface area contributed by atoms with Crippen LogP contribution in [0.25, 0.3) is 0 Å². The van der Waals surface area contributed by atoms with E-state index in [1.807, 2.05) is 0 Å². The summed E-state index contributed by atoms with van der Waals surface area (Å²) in [5.41, 5.74) is -1.81. The Hall–Kier alpha value is -0.860. The van der Waals surface area contributed by atoms with Crippen LogP contribution in [0.5, 0.6) is 0 Å². The second-order valence-electron chi connectivity index (χ2n) is 2.81. The normalized spacial score (nSPS) is 11.4. The molecule has 16 heavy (non-hydrogen) atoms. The Bertz CT molecular complexity index is 428. The zero-order valence-corrected chi connectivity index (χ0v) is 10.0. The maximum absolute atomic E-state index is 13.3. The SMILES string of the molecule is COC(=O)c1cc(C(F)(F)F)cc(I)c1F. The molecule has 0 unspecified atom stereocenters. The number of halogens is 5. The minimum atomic E-state index is -4.63. The molecule has 2 nitrogen and oxygen atoms in total. The standard InChI is InChI=1S/C9H5F4IO2/c1-16-8(15)5-2-4(9(11,12)13)3-6(14)7(5)10/h2-3H,1H3. The van der Waals surface area contributed by atoms with Crippen LogP contribution in [0, 0.1) is 9.39 Å². The van der Waals surface area contributed by atoms with Crippen LogP contribution >= 0.6 is 22.6 Å². The van der Waals surface area contributed by atoms with E-state index in [4.69, 9.17) is 0 Å². The van der Waals surface area contributed by atoms with Crippen LogP contribution in [0.15, 0.2) is 12.1 Å². The van der Waals surface area contributed by atoms with Gasteiger partial charge in [-0.05, 0) is 34.7 Å². The van der Waals surface area contributed by atoms with Crippen LogP contribution in [0.3, 0.4) is 0 Å². The molecule has 0 bridgehead atoms. The van der Waals surface area contributed by atoms with Crippen molar-refractivity contribution in [2.24, 2.45) is 0 Å². The van der Waals surface area contributed by atoms with E-state index in [2.05, 4.69) is 4.74 Å². The highest BCUT2D eigenvalue weighted by molar-refractivity contribution is 14.1. The molecule has 0 saturated heterocycles. The van der Waals surface area contributed by atoms with Crippen LogP contribution in [-0.4, -0.2) is 13.1 Å². The van der Waals surface area contributed by atoms with Crippen LogP contribution in [0.1, 0.15) is 15.9 Å². The number of ether oxygens (including phenoxy) is 1. The van der Waals surface area contributed by atoms with Gasteiger partial charge in [0.15, 0.2) is 5.82 Å². The minimum absolute atomic E-state index is 0.284. The fraction of sp³-hybridized carbons (Fsp3) is 0.222. The van der Waals surface area contributed by atoms with Crippen molar-refractivity contribution in [3.63, 3.8) is 0 Å². The predicted molar refractivity (Wildman–Crippen MR) is 55.5 cm³/mol. The second kappa shape index (κ2) is 4.56. The van der Waals surface area contributed by atoms with Gasteiger partial charge in [0.2, 0.25) is 0 Å². The van der Waals surface area contributed by atoms with E-state index in [9.17, 15) is 22.4 Å². The Balaban J connectivity index is 3.39. The largest absolute Gasteiger partial charge is 0.465 e. The number of hydrogen-bond donors (Lipinski definition) is 0. The zero-order valence-electron chi connectivity index (χ0n) is 7.86. The van der Waals surface area contributed by atoms with E-state index in [1.54, 1.807) is 0 Å². The maximum atomic E-state index is 13.3. The molecule has 0 N–H and O–H groups in total. The number of esters is 1. The lowest BCUT2D eigenvalue weighted by molar-refractivity contribution is -0.137. The number of rotatable bonds is 1. The lowest BCUT2D eigenvalue weighted by Crippen LogP contribution is -2.12. The molecule has 88 valence electrons. The van der Waals surface area contributed by atoms with Crippen molar-refractivity contribution >= 4 is 28.6 Å². The molecule has 0 fully saturated rings. The first-order valence-corrected chi connectivity index (χ1v) is 4.99. The Morgan fingerprint density at radius 2 is 1.94 bits per heavy atom. The van der Waals surface area contributed by atoms with E-state index >= 15 is 0 Å². The van der Waals surface area contributed by atoms with Crippen molar-refractivity contribution in [3.05, 3.63) is 32.6 Å². The number of alkyl halides is 3. The van der Waals surface area contributed by atoms with Gasteiger partial charge in [0.25, 0.3) is 0 Å². The molecule has 7 heteroatoms. The van der Waals surface area contributed by atoms with Gasteiger partial charge in [0.05, 0.1) is 21.8 Å². The van der Waals surface area contributed by atoms with Crippen LogP contribution in [0.4, 0.5) is 17.6 Å². The molecule has 1 aromatic rings. The Kier molecular flexibility index (Phi) is 3.76. The Morgan fingerprint density at radius 1 is 1.38 bits per heavy atom. The predicted octanol–water partition coefficient (Wildman–Crippen LogP) is 3.24. The lowest BCUT2D eigenvalue weighted by atomic mass is 10.1. The van der Waals surface area contributed by atoms with Crippen molar-refractivity contribution in [2.75, 3.05) is 7.11 Å². The fourth-order valence-corrected chi connectivity index (χ4v) is 1.64. The van der Waals surface area contributed by atoms with Crippen molar-refractivity contribution in [1.29, 1.82) is 0 Å². The van der Waals surface area contributed by atoms with E-state index in [-0.39, 0.29) is 3.57 Å². The molecular formula is C9H5F4IO2. The van der Waals surface area contributed by atoms with Gasteiger partial charge in [-0.3, -0.25) is 0 Å². The quantitative estimate of drug-likeness (QED) is 0.443. The number of benzene rings is 1. The molecule has 0 radical (unpaired) electrons.